The van der Waals surface area contributed by atoms with Crippen molar-refractivity contribution in [2.45, 2.75) is 52.6 Å². The van der Waals surface area contributed by atoms with E-state index in [1.807, 2.05) is 6.92 Å². The van der Waals surface area contributed by atoms with Crippen LogP contribution in [-0.2, 0) is 4.79 Å². The second kappa shape index (κ2) is 3.44. The lowest BCUT2D eigenvalue weighted by Gasteiger charge is -2.59. The average Bonchev–Trinajstić information content (AvgIpc) is 2.26. The lowest BCUT2D eigenvalue weighted by molar-refractivity contribution is -0.173. The van der Waals surface area contributed by atoms with E-state index in [0.29, 0.717) is 11.7 Å². The fourth-order valence-corrected chi connectivity index (χ4v) is 4.19. The van der Waals surface area contributed by atoms with Crippen LogP contribution in [0, 0.1) is 22.7 Å². The number of Topliss-reactive ketones (excluding diaryl/α,β-unsaturated/α-hetero) is 1. The maximum absolute atomic E-state index is 12.7. The minimum atomic E-state index is -0.931. The number of carbonyl (C=O) groups is 1. The molecule has 0 saturated heterocycles. The van der Waals surface area contributed by atoms with E-state index < -0.39 is 5.60 Å². The highest BCUT2D eigenvalue weighted by Gasteiger charge is 2.62. The monoisotopic (exact) mass is 236 g/mol. The Labute approximate surface area is 104 Å². The van der Waals surface area contributed by atoms with Gasteiger partial charge >= 0.3 is 0 Å². The maximum Gasteiger partial charge on any atom is 0.144 e. The summed E-state index contributed by atoms with van der Waals surface area (Å²) in [5, 5.41) is 10.5. The normalized spacial score (nSPS) is 43.2. The van der Waals surface area contributed by atoms with E-state index in [4.69, 9.17) is 0 Å². The number of hydrogen-bond acceptors (Lipinski definition) is 2. The average molecular weight is 236 g/mol. The molecular formula is C15H24O2. The molecule has 0 amide bonds. The molecule has 0 radical (unpaired) electrons. The predicted molar refractivity (Wildman–Crippen MR) is 68.5 cm³/mol. The summed E-state index contributed by atoms with van der Waals surface area (Å²) in [6, 6.07) is 0. The second-order valence-electron chi connectivity index (χ2n) is 6.92. The van der Waals surface area contributed by atoms with Crippen molar-refractivity contribution in [3.63, 3.8) is 0 Å². The van der Waals surface area contributed by atoms with Crippen LogP contribution >= 0.6 is 0 Å². The number of hydrogen-bond donors (Lipinski definition) is 1. The van der Waals surface area contributed by atoms with Crippen molar-refractivity contribution in [1.82, 2.24) is 0 Å². The zero-order valence-electron chi connectivity index (χ0n) is 11.4. The first-order chi connectivity index (χ1) is 7.66. The fourth-order valence-electron chi connectivity index (χ4n) is 4.19. The summed E-state index contributed by atoms with van der Waals surface area (Å²) in [7, 11) is 0. The van der Waals surface area contributed by atoms with Gasteiger partial charge in [-0.25, -0.2) is 0 Å². The number of carbonyl (C=O) groups excluding carboxylic acids is 1. The number of ketones is 1. The third-order valence-corrected chi connectivity index (χ3v) is 5.54. The molecule has 1 N–H and O–H groups in total. The van der Waals surface area contributed by atoms with Gasteiger partial charge in [0, 0.05) is 16.7 Å². The van der Waals surface area contributed by atoms with Crippen LogP contribution in [-0.4, -0.2) is 16.5 Å². The molecule has 4 atom stereocenters. The van der Waals surface area contributed by atoms with E-state index >= 15 is 0 Å². The van der Waals surface area contributed by atoms with E-state index in [1.165, 1.54) is 0 Å². The Kier molecular flexibility index (Phi) is 2.59. The summed E-state index contributed by atoms with van der Waals surface area (Å²) in [6.07, 6.45) is 4.56. The SMILES string of the molecule is C=CC(C)(O)C1CC2CCC1(C)C(=O)C2(C)C. The summed E-state index contributed by atoms with van der Waals surface area (Å²) < 4.78 is 0. The highest BCUT2D eigenvalue weighted by molar-refractivity contribution is 5.92. The Hall–Kier alpha value is -0.630. The summed E-state index contributed by atoms with van der Waals surface area (Å²) in [5.74, 6) is 0.764. The Balaban J connectivity index is 2.44. The van der Waals surface area contributed by atoms with Gasteiger partial charge in [0.05, 0.1) is 5.60 Å². The van der Waals surface area contributed by atoms with E-state index in [0.717, 1.165) is 19.3 Å². The molecule has 3 rings (SSSR count). The molecule has 0 aromatic rings. The summed E-state index contributed by atoms with van der Waals surface area (Å²) in [4.78, 5) is 12.7. The first kappa shape index (κ1) is 12.8. The Bertz CT molecular complexity index is 367. The molecule has 3 aliphatic carbocycles. The van der Waals surface area contributed by atoms with Gasteiger partial charge in [-0.05, 0) is 32.1 Å². The smallest absolute Gasteiger partial charge is 0.144 e. The number of fused-ring (bicyclic) bond motifs is 3. The highest BCUT2D eigenvalue weighted by atomic mass is 16.3. The fraction of sp³-hybridized carbons (Fsp3) is 0.800. The molecule has 2 bridgehead atoms. The molecule has 3 aliphatic rings. The van der Waals surface area contributed by atoms with E-state index in [2.05, 4.69) is 20.4 Å². The van der Waals surface area contributed by atoms with Crippen molar-refractivity contribution in [3.8, 4) is 0 Å². The minimum absolute atomic E-state index is 0.0202. The number of rotatable bonds is 2. The van der Waals surface area contributed by atoms with Gasteiger partial charge in [-0.3, -0.25) is 4.79 Å². The van der Waals surface area contributed by atoms with Crippen molar-refractivity contribution >= 4 is 5.78 Å². The van der Waals surface area contributed by atoms with Crippen molar-refractivity contribution < 1.29 is 9.90 Å². The van der Waals surface area contributed by atoms with Crippen LogP contribution in [0.2, 0.25) is 0 Å². The lowest BCUT2D eigenvalue weighted by atomic mass is 9.44. The number of aliphatic hydroxyl groups is 1. The van der Waals surface area contributed by atoms with E-state index in [1.54, 1.807) is 13.0 Å². The van der Waals surface area contributed by atoms with Crippen LogP contribution < -0.4 is 0 Å². The van der Waals surface area contributed by atoms with Crippen LogP contribution in [0.4, 0.5) is 0 Å². The van der Waals surface area contributed by atoms with Crippen molar-refractivity contribution in [1.29, 1.82) is 0 Å². The molecular weight excluding hydrogens is 212 g/mol. The predicted octanol–water partition coefficient (Wildman–Crippen LogP) is 2.95. The molecule has 0 aliphatic heterocycles. The minimum Gasteiger partial charge on any atom is -0.386 e. The molecule has 4 unspecified atom stereocenters. The van der Waals surface area contributed by atoms with Gasteiger partial charge < -0.3 is 5.11 Å². The lowest BCUT2D eigenvalue weighted by Crippen LogP contribution is -2.61. The quantitative estimate of drug-likeness (QED) is 0.748. The van der Waals surface area contributed by atoms with Gasteiger partial charge in [0.1, 0.15) is 5.78 Å². The first-order valence-electron chi connectivity index (χ1n) is 6.57. The Morgan fingerprint density at radius 2 is 2.06 bits per heavy atom. The summed E-state index contributed by atoms with van der Waals surface area (Å²) in [5.41, 5.74) is -1.53. The molecule has 0 aromatic carbocycles. The second-order valence-corrected chi connectivity index (χ2v) is 6.92. The molecule has 3 saturated carbocycles. The van der Waals surface area contributed by atoms with Gasteiger partial charge in [0.15, 0.2) is 0 Å². The van der Waals surface area contributed by atoms with Gasteiger partial charge in [-0.2, -0.15) is 0 Å². The Morgan fingerprint density at radius 3 is 2.59 bits per heavy atom. The largest absolute Gasteiger partial charge is 0.386 e. The third-order valence-electron chi connectivity index (χ3n) is 5.54. The summed E-state index contributed by atoms with van der Waals surface area (Å²) >= 11 is 0. The molecule has 0 heterocycles. The van der Waals surface area contributed by atoms with Gasteiger partial charge in [0.2, 0.25) is 0 Å². The van der Waals surface area contributed by atoms with E-state index in [9.17, 15) is 9.90 Å². The van der Waals surface area contributed by atoms with Crippen LogP contribution in [0.5, 0.6) is 0 Å². The third kappa shape index (κ3) is 1.53. The molecule has 2 nitrogen and oxygen atoms in total. The standard InChI is InChI=1S/C15H24O2/c1-6-15(5,17)11-9-10-7-8-14(11,4)12(16)13(10,2)3/h6,10-11,17H,1,7-9H2,2-5H3. The highest BCUT2D eigenvalue weighted by Crippen LogP contribution is 2.61. The van der Waals surface area contributed by atoms with Crippen LogP contribution in [0.1, 0.15) is 47.0 Å². The van der Waals surface area contributed by atoms with Gasteiger partial charge in [-0.15, -0.1) is 6.58 Å². The van der Waals surface area contributed by atoms with Crippen LogP contribution in [0.25, 0.3) is 0 Å². The molecule has 17 heavy (non-hydrogen) atoms. The molecule has 0 aromatic heterocycles. The molecule has 0 spiro atoms. The Morgan fingerprint density at radius 1 is 1.47 bits per heavy atom. The molecule has 2 heteroatoms. The molecule has 3 fully saturated rings. The van der Waals surface area contributed by atoms with Gasteiger partial charge in [-0.1, -0.05) is 26.8 Å². The van der Waals surface area contributed by atoms with E-state index in [-0.39, 0.29) is 16.7 Å². The topological polar surface area (TPSA) is 37.3 Å². The zero-order chi connectivity index (χ0) is 13.1. The van der Waals surface area contributed by atoms with Crippen molar-refractivity contribution in [3.05, 3.63) is 12.7 Å². The summed E-state index contributed by atoms with van der Waals surface area (Å²) in [6.45, 7) is 11.7. The molecule has 96 valence electrons. The van der Waals surface area contributed by atoms with Crippen molar-refractivity contribution in [2.24, 2.45) is 22.7 Å². The van der Waals surface area contributed by atoms with Crippen LogP contribution in [0.15, 0.2) is 12.7 Å². The van der Waals surface area contributed by atoms with Gasteiger partial charge in [0.25, 0.3) is 0 Å². The van der Waals surface area contributed by atoms with Crippen LogP contribution in [0.3, 0.4) is 0 Å². The zero-order valence-corrected chi connectivity index (χ0v) is 11.4. The first-order valence-corrected chi connectivity index (χ1v) is 6.57. The van der Waals surface area contributed by atoms with Crippen molar-refractivity contribution in [2.75, 3.05) is 0 Å². The maximum atomic E-state index is 12.7.